The Morgan fingerprint density at radius 3 is 2.66 bits per heavy atom. The number of carbonyl (C=O) groups is 1. The minimum atomic E-state index is -0.922. The molecule has 0 radical (unpaired) electrons. The Kier molecular flexibility index (Phi) is 6.19. The number of esters is 1. The summed E-state index contributed by atoms with van der Waals surface area (Å²) in [6.07, 6.45) is 0. The van der Waals surface area contributed by atoms with Crippen LogP contribution in [-0.2, 0) is 11.3 Å². The van der Waals surface area contributed by atoms with Crippen molar-refractivity contribution in [1.29, 1.82) is 0 Å². The summed E-state index contributed by atoms with van der Waals surface area (Å²) in [4.78, 5) is 25.3. The lowest BCUT2D eigenvalue weighted by molar-refractivity contribution is 0.0519. The van der Waals surface area contributed by atoms with Crippen LogP contribution in [0.4, 0.5) is 0 Å². The van der Waals surface area contributed by atoms with Gasteiger partial charge in [-0.15, -0.1) is 0 Å². The molecule has 0 saturated carbocycles. The van der Waals surface area contributed by atoms with Crippen molar-refractivity contribution in [2.75, 3.05) is 13.7 Å². The standard InChI is InChI=1S/C21H19ClN2O5/c1-3-29-21(27)17-19(25)18(13-8-6-9-15(11-13)28-2)23-24(20(17)26)12-14-7-4-5-10-16(14)22/h4-11,25H,3,12H2,1-2H3. The van der Waals surface area contributed by atoms with Gasteiger partial charge in [-0.3, -0.25) is 4.79 Å². The number of methoxy groups -OCH3 is 1. The molecule has 0 atom stereocenters. The van der Waals surface area contributed by atoms with Gasteiger partial charge in [0.05, 0.1) is 20.3 Å². The van der Waals surface area contributed by atoms with E-state index in [0.717, 1.165) is 4.68 Å². The molecule has 3 aromatic rings. The molecule has 0 spiro atoms. The van der Waals surface area contributed by atoms with Crippen LogP contribution >= 0.6 is 11.6 Å². The summed E-state index contributed by atoms with van der Waals surface area (Å²) in [5, 5.41) is 15.4. The summed E-state index contributed by atoms with van der Waals surface area (Å²) in [7, 11) is 1.51. The van der Waals surface area contributed by atoms with E-state index in [4.69, 9.17) is 21.1 Å². The van der Waals surface area contributed by atoms with Crippen molar-refractivity contribution in [3.8, 4) is 22.8 Å². The number of carbonyl (C=O) groups excluding carboxylic acids is 1. The van der Waals surface area contributed by atoms with Crippen molar-refractivity contribution >= 4 is 17.6 Å². The smallest absolute Gasteiger partial charge is 0.347 e. The zero-order valence-corrected chi connectivity index (χ0v) is 16.6. The van der Waals surface area contributed by atoms with E-state index in [1.165, 1.54) is 7.11 Å². The maximum absolute atomic E-state index is 12.9. The Morgan fingerprint density at radius 2 is 1.97 bits per heavy atom. The van der Waals surface area contributed by atoms with Crippen LogP contribution in [0.2, 0.25) is 5.02 Å². The van der Waals surface area contributed by atoms with Crippen LogP contribution in [0.5, 0.6) is 11.5 Å². The topological polar surface area (TPSA) is 90.7 Å². The molecule has 0 unspecified atom stereocenters. The average molecular weight is 415 g/mol. The van der Waals surface area contributed by atoms with Gasteiger partial charge in [-0.1, -0.05) is 41.9 Å². The van der Waals surface area contributed by atoms with Gasteiger partial charge in [-0.05, 0) is 30.7 Å². The molecule has 29 heavy (non-hydrogen) atoms. The van der Waals surface area contributed by atoms with Crippen LogP contribution in [0.25, 0.3) is 11.3 Å². The Bertz CT molecular complexity index is 1110. The molecule has 0 aliphatic heterocycles. The minimum absolute atomic E-state index is 0.0160. The third-order valence-corrected chi connectivity index (χ3v) is 4.60. The zero-order valence-electron chi connectivity index (χ0n) is 15.9. The first-order valence-corrected chi connectivity index (χ1v) is 9.23. The molecule has 8 heteroatoms. The lowest BCUT2D eigenvalue weighted by atomic mass is 10.1. The van der Waals surface area contributed by atoms with Gasteiger partial charge in [-0.2, -0.15) is 5.10 Å². The number of hydrogen-bond acceptors (Lipinski definition) is 6. The number of aromatic hydroxyl groups is 1. The predicted molar refractivity (Wildman–Crippen MR) is 109 cm³/mol. The molecule has 0 amide bonds. The number of halogens is 1. The fraction of sp³-hybridized carbons (Fsp3) is 0.190. The van der Waals surface area contributed by atoms with Crippen LogP contribution < -0.4 is 10.3 Å². The van der Waals surface area contributed by atoms with Gasteiger partial charge in [0.15, 0.2) is 11.3 Å². The third-order valence-electron chi connectivity index (χ3n) is 4.23. The molecular formula is C21H19ClN2O5. The van der Waals surface area contributed by atoms with Gasteiger partial charge in [0.1, 0.15) is 11.4 Å². The van der Waals surface area contributed by atoms with Crippen molar-refractivity contribution in [2.24, 2.45) is 0 Å². The fourth-order valence-corrected chi connectivity index (χ4v) is 3.00. The number of ether oxygens (including phenoxy) is 2. The Balaban J connectivity index is 2.22. The van der Waals surface area contributed by atoms with E-state index in [1.807, 2.05) is 0 Å². The van der Waals surface area contributed by atoms with Crippen LogP contribution in [0.1, 0.15) is 22.8 Å². The molecule has 0 bridgehead atoms. The van der Waals surface area contributed by atoms with Gasteiger partial charge >= 0.3 is 5.97 Å². The summed E-state index contributed by atoms with van der Waals surface area (Å²) in [5.74, 6) is -0.934. The Hall–Kier alpha value is -3.32. The van der Waals surface area contributed by atoms with Crippen molar-refractivity contribution in [1.82, 2.24) is 9.78 Å². The first kappa shape index (κ1) is 20.4. The van der Waals surface area contributed by atoms with Crippen molar-refractivity contribution < 1.29 is 19.4 Å². The number of nitrogens with zero attached hydrogens (tertiary/aromatic N) is 2. The normalized spacial score (nSPS) is 10.6. The molecule has 1 heterocycles. The highest BCUT2D eigenvalue weighted by Gasteiger charge is 2.25. The van der Waals surface area contributed by atoms with E-state index in [9.17, 15) is 14.7 Å². The first-order chi connectivity index (χ1) is 14.0. The quantitative estimate of drug-likeness (QED) is 0.621. The highest BCUT2D eigenvalue weighted by Crippen LogP contribution is 2.31. The summed E-state index contributed by atoms with van der Waals surface area (Å²) < 4.78 is 11.3. The molecule has 150 valence electrons. The number of hydrogen-bond donors (Lipinski definition) is 1. The maximum Gasteiger partial charge on any atom is 0.347 e. The van der Waals surface area contributed by atoms with Crippen molar-refractivity contribution in [3.63, 3.8) is 0 Å². The van der Waals surface area contributed by atoms with Gasteiger partial charge in [0.2, 0.25) is 0 Å². The SMILES string of the molecule is CCOC(=O)c1c(O)c(-c2cccc(OC)c2)nn(Cc2ccccc2Cl)c1=O. The lowest BCUT2D eigenvalue weighted by Gasteiger charge is -2.14. The summed E-state index contributed by atoms with van der Waals surface area (Å²) >= 11 is 6.21. The molecule has 2 aromatic carbocycles. The summed E-state index contributed by atoms with van der Waals surface area (Å²) in [6, 6.07) is 13.8. The van der Waals surface area contributed by atoms with E-state index in [1.54, 1.807) is 55.5 Å². The average Bonchev–Trinajstić information content (AvgIpc) is 2.72. The zero-order chi connectivity index (χ0) is 21.0. The molecular weight excluding hydrogens is 396 g/mol. The van der Waals surface area contributed by atoms with Crippen molar-refractivity contribution in [2.45, 2.75) is 13.5 Å². The molecule has 1 aromatic heterocycles. The van der Waals surface area contributed by atoms with Gasteiger partial charge in [-0.25, -0.2) is 9.48 Å². The van der Waals surface area contributed by atoms with Crippen LogP contribution in [0, 0.1) is 0 Å². The van der Waals surface area contributed by atoms with Crippen LogP contribution in [0.3, 0.4) is 0 Å². The molecule has 3 rings (SSSR count). The third kappa shape index (κ3) is 4.25. The second-order valence-corrected chi connectivity index (χ2v) is 6.49. The number of benzene rings is 2. The number of rotatable bonds is 6. The Morgan fingerprint density at radius 1 is 1.21 bits per heavy atom. The minimum Gasteiger partial charge on any atom is -0.505 e. The second kappa shape index (κ2) is 8.79. The van der Waals surface area contributed by atoms with E-state index in [-0.39, 0.29) is 18.8 Å². The Labute approximate surface area is 172 Å². The van der Waals surface area contributed by atoms with Gasteiger partial charge in [0, 0.05) is 10.6 Å². The summed E-state index contributed by atoms with van der Waals surface area (Å²) in [6.45, 7) is 1.68. The monoisotopic (exact) mass is 414 g/mol. The predicted octanol–water partition coefficient (Wildman–Crippen LogP) is 3.50. The fourth-order valence-electron chi connectivity index (χ4n) is 2.81. The molecule has 1 N–H and O–H groups in total. The van der Waals surface area contributed by atoms with Gasteiger partial charge < -0.3 is 14.6 Å². The summed E-state index contributed by atoms with van der Waals surface area (Å²) in [5.41, 5.74) is -0.0842. The first-order valence-electron chi connectivity index (χ1n) is 8.85. The molecule has 0 saturated heterocycles. The van der Waals surface area contributed by atoms with Crippen LogP contribution in [-0.4, -0.2) is 34.6 Å². The van der Waals surface area contributed by atoms with E-state index >= 15 is 0 Å². The van der Waals surface area contributed by atoms with Gasteiger partial charge in [0.25, 0.3) is 5.56 Å². The molecule has 0 aliphatic carbocycles. The largest absolute Gasteiger partial charge is 0.505 e. The van der Waals surface area contributed by atoms with E-state index in [2.05, 4.69) is 5.10 Å². The van der Waals surface area contributed by atoms with E-state index < -0.39 is 22.8 Å². The molecule has 0 fully saturated rings. The highest BCUT2D eigenvalue weighted by molar-refractivity contribution is 6.31. The van der Waals surface area contributed by atoms with Crippen LogP contribution in [0.15, 0.2) is 53.3 Å². The van der Waals surface area contributed by atoms with E-state index in [0.29, 0.717) is 21.9 Å². The highest BCUT2D eigenvalue weighted by atomic mass is 35.5. The molecule has 0 aliphatic rings. The second-order valence-electron chi connectivity index (χ2n) is 6.08. The lowest BCUT2D eigenvalue weighted by Crippen LogP contribution is -2.30. The van der Waals surface area contributed by atoms with Crippen molar-refractivity contribution in [3.05, 3.63) is 75.0 Å². The molecule has 7 nitrogen and oxygen atoms in total. The number of aromatic nitrogens is 2. The maximum atomic E-state index is 12.9.